The van der Waals surface area contributed by atoms with Crippen molar-refractivity contribution in [2.45, 2.75) is 19.4 Å². The molecule has 29 heavy (non-hydrogen) atoms. The minimum Gasteiger partial charge on any atom is -0.505 e. The summed E-state index contributed by atoms with van der Waals surface area (Å²) in [6.07, 6.45) is 3.53. The summed E-state index contributed by atoms with van der Waals surface area (Å²) in [5.41, 5.74) is 9.45. The van der Waals surface area contributed by atoms with E-state index in [2.05, 4.69) is 19.7 Å². The molecule has 0 saturated heterocycles. The summed E-state index contributed by atoms with van der Waals surface area (Å²) < 4.78 is 27.2. The molecule has 0 bridgehead atoms. The maximum absolute atomic E-state index is 10.3. The molecule has 0 aliphatic carbocycles. The second-order valence-electron chi connectivity index (χ2n) is 5.50. The van der Waals surface area contributed by atoms with Crippen molar-refractivity contribution in [3.8, 4) is 6.07 Å². The van der Waals surface area contributed by atoms with Crippen LogP contribution in [0.4, 0.5) is 10.1 Å². The molecule has 1 aliphatic heterocycles. The van der Waals surface area contributed by atoms with Crippen LogP contribution in [0.1, 0.15) is 22.2 Å². The first-order valence-electron chi connectivity index (χ1n) is 8.50. The van der Waals surface area contributed by atoms with Crippen LogP contribution in [0.3, 0.4) is 0 Å². The number of nitrogens with zero attached hydrogens (tertiary/aromatic N) is 6. The Morgan fingerprint density at radius 1 is 1.34 bits per heavy atom. The van der Waals surface area contributed by atoms with Gasteiger partial charge >= 0.3 is 0 Å². The Bertz CT molecular complexity index is 1020. The van der Waals surface area contributed by atoms with Crippen LogP contribution in [0.2, 0.25) is 0 Å². The van der Waals surface area contributed by atoms with Gasteiger partial charge in [-0.25, -0.2) is 15.0 Å². The van der Waals surface area contributed by atoms with E-state index in [1.54, 1.807) is 56.3 Å². The van der Waals surface area contributed by atoms with E-state index in [0.29, 0.717) is 11.3 Å². The fourth-order valence-electron chi connectivity index (χ4n) is 2.33. The van der Waals surface area contributed by atoms with Crippen LogP contribution in [-0.2, 0) is 23.3 Å². The first-order chi connectivity index (χ1) is 13.7. The molecule has 2 rings (SSSR count). The van der Waals surface area contributed by atoms with Gasteiger partial charge in [0.25, 0.3) is 5.70 Å². The molecule has 0 unspecified atom stereocenters. The third kappa shape index (κ3) is 6.57. The van der Waals surface area contributed by atoms with Gasteiger partial charge in [-0.05, 0) is 24.9 Å². The molecule has 0 fully saturated rings. The number of benzene rings is 1. The molecule has 7 nitrogen and oxygen atoms in total. The number of alkyl halides is 1. The van der Waals surface area contributed by atoms with Crippen molar-refractivity contribution in [1.29, 1.82) is 5.26 Å². The van der Waals surface area contributed by atoms with Crippen LogP contribution in [0.15, 0.2) is 58.2 Å². The van der Waals surface area contributed by atoms with Gasteiger partial charge < -0.3 is 12.2 Å². The van der Waals surface area contributed by atoms with Crippen molar-refractivity contribution in [2.24, 2.45) is 5.11 Å². The minimum atomic E-state index is -2.17. The summed E-state index contributed by atoms with van der Waals surface area (Å²) in [5, 5.41) is 12.6. The van der Waals surface area contributed by atoms with Crippen molar-refractivity contribution in [3.63, 3.8) is 0 Å². The number of allylic oxidation sites excluding steroid dienone is 1. The van der Waals surface area contributed by atoms with Gasteiger partial charge in [0.2, 0.25) is 5.70 Å². The summed E-state index contributed by atoms with van der Waals surface area (Å²) in [7, 11) is -2.17. The van der Waals surface area contributed by atoms with Crippen molar-refractivity contribution in [1.82, 2.24) is 0 Å². The van der Waals surface area contributed by atoms with Crippen molar-refractivity contribution in [3.05, 3.63) is 99.3 Å². The Morgan fingerprint density at radius 2 is 1.93 bits per heavy atom. The number of hydrogen-bond acceptors (Lipinski definition) is 3. The molecule has 1 aromatic carbocycles. The quantitative estimate of drug-likeness (QED) is 0.185. The van der Waals surface area contributed by atoms with Crippen molar-refractivity contribution >= 4 is 11.8 Å². The van der Waals surface area contributed by atoms with Crippen LogP contribution in [0.5, 0.6) is 0 Å². The number of azide groups is 1. The molecule has 0 amide bonds. The molecule has 0 saturated carbocycles. The summed E-state index contributed by atoms with van der Waals surface area (Å²) in [5.74, 6) is 0.0239. The van der Waals surface area contributed by atoms with E-state index in [1.165, 1.54) is 0 Å². The van der Waals surface area contributed by atoms with E-state index in [-0.39, 0.29) is 43.1 Å². The molecular formula is C20H18FN6OV-. The molecule has 0 atom stereocenters. The smallest absolute Gasteiger partial charge is 0.292 e. The number of nitriles is 1. The summed E-state index contributed by atoms with van der Waals surface area (Å²) >= 11 is 0. The van der Waals surface area contributed by atoms with Crippen LogP contribution < -0.4 is 0 Å². The fourth-order valence-corrected chi connectivity index (χ4v) is 2.33. The van der Waals surface area contributed by atoms with Crippen LogP contribution in [0.25, 0.3) is 26.2 Å². The standard InChI is InChI=1S/C18H12N6O.CH3F.CH3.V/c1-18(2)14(16(22-4)17(25-18)15(11-19)21-3)10-7-12-5-8-13(9-6-12)23-24-20;1-2;;/h5-10H,1-2H3;1H3;1H3;/q;;-1;/b10-7+,17-15+;;;/i;1D2;;. The number of halogens is 1. The maximum atomic E-state index is 10.3. The number of rotatable bonds is 3. The topological polar surface area (TPSA) is 90.5 Å². The molecule has 1 heterocycles. The molecule has 1 radical (unpaired) electrons. The Kier molecular flexibility index (Phi) is 10.4. The normalized spacial score (nSPS) is 16.0. The van der Waals surface area contributed by atoms with Crippen LogP contribution in [-0.4, -0.2) is 12.7 Å². The molecule has 0 N–H and O–H groups in total. The second kappa shape index (κ2) is 12.8. The predicted octanol–water partition coefficient (Wildman–Crippen LogP) is 6.31. The van der Waals surface area contributed by atoms with Gasteiger partial charge in [0.15, 0.2) is 0 Å². The predicted molar refractivity (Wildman–Crippen MR) is 106 cm³/mol. The first kappa shape index (κ1) is 23.6. The summed E-state index contributed by atoms with van der Waals surface area (Å²) in [6, 6.07) is 8.68. The fraction of sp³-hybridized carbons (Fsp3) is 0.200. The van der Waals surface area contributed by atoms with Gasteiger partial charge in [-0.15, -0.1) is 0 Å². The number of hydrogen-bond donors (Lipinski definition) is 0. The van der Waals surface area contributed by atoms with Crippen molar-refractivity contribution < 1.29 is 30.4 Å². The summed E-state index contributed by atoms with van der Waals surface area (Å²) in [6.45, 7) is 18.0. The van der Waals surface area contributed by atoms with Crippen LogP contribution >= 0.6 is 0 Å². The second-order valence-corrected chi connectivity index (χ2v) is 5.50. The SMILES string of the molecule is [2H]C([2H])F.[C-]#[N+]C1=C(/C=C/c2ccc(N=[N+]=[N-])cc2)C(C)(C)O/C1=C(\C#N)[N+]#[C-].[CH3-].[V]. The third-order valence-electron chi connectivity index (χ3n) is 3.52. The minimum absolute atomic E-state index is 0. The van der Waals surface area contributed by atoms with Gasteiger partial charge in [-0.1, -0.05) is 41.5 Å². The average molecular weight is 430 g/mol. The monoisotopic (exact) mass is 430 g/mol. The van der Waals surface area contributed by atoms with Crippen molar-refractivity contribution in [2.75, 3.05) is 7.13 Å². The van der Waals surface area contributed by atoms with Gasteiger partial charge in [0.05, 0.1) is 29.1 Å². The Labute approximate surface area is 184 Å². The van der Waals surface area contributed by atoms with E-state index in [9.17, 15) is 4.39 Å². The van der Waals surface area contributed by atoms with Gasteiger partial charge in [-0.2, -0.15) is 0 Å². The van der Waals surface area contributed by atoms with E-state index in [4.69, 9.17) is 31.4 Å². The number of ether oxygens (including phenoxy) is 1. The molecule has 9 heteroatoms. The molecular weight excluding hydrogens is 410 g/mol. The Balaban J connectivity index is 0. The van der Waals surface area contributed by atoms with E-state index >= 15 is 0 Å². The van der Waals surface area contributed by atoms with Gasteiger partial charge in [0, 0.05) is 34.7 Å². The van der Waals surface area contributed by atoms with Gasteiger partial charge in [0.1, 0.15) is 11.4 Å². The largest absolute Gasteiger partial charge is 0.505 e. The Hall–Kier alpha value is -3.47. The van der Waals surface area contributed by atoms with E-state index < -0.39 is 12.7 Å². The van der Waals surface area contributed by atoms with Gasteiger partial charge in [-0.3, -0.25) is 4.39 Å². The molecule has 0 spiro atoms. The third-order valence-corrected chi connectivity index (χ3v) is 3.52. The molecule has 147 valence electrons. The average Bonchev–Trinajstić information content (AvgIpc) is 2.91. The zero-order valence-corrected chi connectivity index (χ0v) is 17.4. The first-order valence-corrected chi connectivity index (χ1v) is 7.35. The molecule has 0 aromatic heterocycles. The van der Waals surface area contributed by atoms with E-state index in [0.717, 1.165) is 5.56 Å². The summed E-state index contributed by atoms with van der Waals surface area (Å²) in [4.78, 5) is 9.31. The zero-order valence-electron chi connectivity index (χ0n) is 18.0. The Morgan fingerprint density at radius 3 is 2.38 bits per heavy atom. The van der Waals surface area contributed by atoms with Crippen LogP contribution in [0, 0.1) is 31.9 Å². The maximum Gasteiger partial charge on any atom is 0.292 e. The zero-order chi connectivity index (χ0) is 22.0. The van der Waals surface area contributed by atoms with E-state index in [1.807, 2.05) is 0 Å². The molecule has 1 aromatic rings. The molecule has 1 aliphatic rings.